The van der Waals surface area contributed by atoms with Crippen molar-refractivity contribution in [2.24, 2.45) is 5.92 Å². The maximum Gasteiger partial charge on any atom is 0.325 e. The summed E-state index contributed by atoms with van der Waals surface area (Å²) in [6, 6.07) is 0. The third-order valence-electron chi connectivity index (χ3n) is 4.40. The number of hydrogen-bond acceptors (Lipinski definition) is 9. The molecule has 1 saturated heterocycles. The molecular weight excluding hydrogens is 440 g/mol. The van der Waals surface area contributed by atoms with Crippen LogP contribution in [0, 0.1) is 12.8 Å². The van der Waals surface area contributed by atoms with E-state index in [1.165, 1.54) is 30.0 Å². The number of aromatic amines is 2. The van der Waals surface area contributed by atoms with Crippen molar-refractivity contribution in [1.29, 1.82) is 0 Å². The third kappa shape index (κ3) is 4.76. The maximum absolute atomic E-state index is 12.8. The number of hydrogen-bond donors (Lipinski definition) is 3. The molecule has 158 valence electrons. The molecule has 0 bridgehead atoms. The van der Waals surface area contributed by atoms with Gasteiger partial charge < -0.3 is 10.3 Å². The molecule has 3 heterocycles. The summed E-state index contributed by atoms with van der Waals surface area (Å²) in [5.41, 5.74) is -1.74. The molecule has 2 aromatic heterocycles. The summed E-state index contributed by atoms with van der Waals surface area (Å²) in [5.74, 6) is 0.250. The van der Waals surface area contributed by atoms with Crippen molar-refractivity contribution in [3.63, 3.8) is 0 Å². The number of piperidine rings is 1. The minimum absolute atomic E-state index is 0.0179. The highest BCUT2D eigenvalue weighted by atomic mass is 32.2. The maximum atomic E-state index is 12.8. The zero-order valence-corrected chi connectivity index (χ0v) is 18.2. The van der Waals surface area contributed by atoms with E-state index in [0.717, 1.165) is 14.4 Å². The average Bonchev–Trinajstić information content (AvgIpc) is 3.08. The van der Waals surface area contributed by atoms with Crippen LogP contribution < -0.4 is 16.6 Å². The van der Waals surface area contributed by atoms with Crippen molar-refractivity contribution in [2.45, 2.75) is 35.9 Å². The van der Waals surface area contributed by atoms with E-state index >= 15 is 0 Å². The Bertz CT molecular complexity index is 1110. The van der Waals surface area contributed by atoms with Crippen molar-refractivity contribution in [2.75, 3.05) is 24.2 Å². The summed E-state index contributed by atoms with van der Waals surface area (Å²) in [6.07, 6.45) is 0.613. The number of nitrogens with one attached hydrogen (secondary N) is 3. The van der Waals surface area contributed by atoms with Gasteiger partial charge in [-0.15, -0.1) is 10.2 Å². The van der Waals surface area contributed by atoms with E-state index in [1.807, 2.05) is 11.9 Å². The minimum atomic E-state index is -4.09. The summed E-state index contributed by atoms with van der Waals surface area (Å²) in [7, 11) is -4.09. The van der Waals surface area contributed by atoms with Gasteiger partial charge in [0.15, 0.2) is 9.24 Å². The predicted octanol–water partition coefficient (Wildman–Crippen LogP) is 0.375. The van der Waals surface area contributed by atoms with E-state index in [1.54, 1.807) is 0 Å². The van der Waals surface area contributed by atoms with Gasteiger partial charge in [0, 0.05) is 24.7 Å². The van der Waals surface area contributed by atoms with Crippen molar-refractivity contribution in [1.82, 2.24) is 24.5 Å². The molecular formula is C15H20N6O5S3. The van der Waals surface area contributed by atoms with E-state index in [-0.39, 0.29) is 30.6 Å². The molecule has 0 spiro atoms. The number of nitrogens with zero attached hydrogens (tertiary/aromatic N) is 3. The summed E-state index contributed by atoms with van der Waals surface area (Å²) in [4.78, 5) is 39.5. The number of sulfonamides is 1. The smallest absolute Gasteiger partial charge is 0.310 e. The van der Waals surface area contributed by atoms with Gasteiger partial charge in [0.2, 0.25) is 21.1 Å². The van der Waals surface area contributed by atoms with Gasteiger partial charge >= 0.3 is 5.69 Å². The van der Waals surface area contributed by atoms with Crippen LogP contribution in [0.4, 0.5) is 5.13 Å². The van der Waals surface area contributed by atoms with Crippen molar-refractivity contribution >= 4 is 44.2 Å². The van der Waals surface area contributed by atoms with Crippen molar-refractivity contribution in [3.8, 4) is 0 Å². The Hall–Kier alpha value is -2.03. The molecule has 0 aromatic carbocycles. The quantitative estimate of drug-likeness (QED) is 0.412. The molecule has 29 heavy (non-hydrogen) atoms. The van der Waals surface area contributed by atoms with Gasteiger partial charge in [-0.25, -0.2) is 13.2 Å². The molecule has 0 aliphatic carbocycles. The fourth-order valence-corrected chi connectivity index (χ4v) is 6.36. The zero-order valence-electron chi connectivity index (χ0n) is 15.7. The second-order valence-electron chi connectivity index (χ2n) is 6.34. The van der Waals surface area contributed by atoms with Crippen LogP contribution in [0.25, 0.3) is 0 Å². The molecule has 11 nitrogen and oxygen atoms in total. The molecule has 1 fully saturated rings. The standard InChI is InChI=1S/C15H20N6O5S3/c1-3-27-15-20-19-14(28-15)18-11(22)9-4-6-21(7-5-9)29(25,26)10-8(2)16-13(24)17-12(10)23/h9H,3-7H2,1-2H3,(H,18,19,22)(H2,16,17,23,24). The first-order valence-corrected chi connectivity index (χ1v) is 12.1. The van der Waals surface area contributed by atoms with Crippen LogP contribution in [0.2, 0.25) is 0 Å². The Morgan fingerprint density at radius 3 is 2.59 bits per heavy atom. The lowest BCUT2D eigenvalue weighted by Crippen LogP contribution is -2.44. The lowest BCUT2D eigenvalue weighted by Gasteiger charge is -2.30. The Morgan fingerprint density at radius 1 is 1.28 bits per heavy atom. The van der Waals surface area contributed by atoms with Crippen LogP contribution in [0.5, 0.6) is 0 Å². The lowest BCUT2D eigenvalue weighted by molar-refractivity contribution is -0.120. The average molecular weight is 461 g/mol. The number of H-pyrrole nitrogens is 2. The molecule has 1 amide bonds. The number of amides is 1. The molecule has 14 heteroatoms. The number of rotatable bonds is 6. The van der Waals surface area contributed by atoms with Crippen molar-refractivity contribution < 1.29 is 13.2 Å². The highest BCUT2D eigenvalue weighted by Gasteiger charge is 2.35. The van der Waals surface area contributed by atoms with Crippen LogP contribution in [-0.2, 0) is 14.8 Å². The Kier molecular flexibility index (Phi) is 6.55. The van der Waals surface area contributed by atoms with Gasteiger partial charge in [0.25, 0.3) is 5.56 Å². The largest absolute Gasteiger partial charge is 0.325 e. The van der Waals surface area contributed by atoms with Gasteiger partial charge in [-0.2, -0.15) is 4.31 Å². The van der Waals surface area contributed by atoms with Gasteiger partial charge in [0.05, 0.1) is 0 Å². The molecule has 2 aromatic rings. The lowest BCUT2D eigenvalue weighted by atomic mass is 9.97. The summed E-state index contributed by atoms with van der Waals surface area (Å²) < 4.78 is 27.6. The Labute approximate surface area is 174 Å². The summed E-state index contributed by atoms with van der Waals surface area (Å²) in [6.45, 7) is 3.53. The molecule has 1 aliphatic rings. The van der Waals surface area contributed by atoms with Gasteiger partial charge in [-0.05, 0) is 25.5 Å². The van der Waals surface area contributed by atoms with Crippen LogP contribution in [-0.4, -0.2) is 57.6 Å². The van der Waals surface area contributed by atoms with Crippen LogP contribution in [0.15, 0.2) is 18.8 Å². The molecule has 0 unspecified atom stereocenters. The highest BCUT2D eigenvalue weighted by Crippen LogP contribution is 2.27. The Balaban J connectivity index is 1.66. The fraction of sp³-hybridized carbons (Fsp3) is 0.533. The van der Waals surface area contributed by atoms with Gasteiger partial charge in [-0.3, -0.25) is 14.6 Å². The van der Waals surface area contributed by atoms with E-state index in [2.05, 4.69) is 20.5 Å². The number of aromatic nitrogens is 4. The second kappa shape index (κ2) is 8.77. The van der Waals surface area contributed by atoms with E-state index in [0.29, 0.717) is 18.0 Å². The van der Waals surface area contributed by atoms with Crippen LogP contribution in [0.1, 0.15) is 25.5 Å². The first-order valence-electron chi connectivity index (χ1n) is 8.83. The highest BCUT2D eigenvalue weighted by molar-refractivity contribution is 8.01. The van der Waals surface area contributed by atoms with E-state index < -0.39 is 26.2 Å². The molecule has 3 rings (SSSR count). The van der Waals surface area contributed by atoms with Crippen molar-refractivity contribution in [3.05, 3.63) is 26.5 Å². The molecule has 3 N–H and O–H groups in total. The van der Waals surface area contributed by atoms with E-state index in [9.17, 15) is 22.8 Å². The number of carbonyl (C=O) groups excluding carboxylic acids is 1. The van der Waals surface area contributed by atoms with Gasteiger partial charge in [-0.1, -0.05) is 30.0 Å². The summed E-state index contributed by atoms with van der Waals surface area (Å²) >= 11 is 2.82. The van der Waals surface area contributed by atoms with Crippen LogP contribution in [0.3, 0.4) is 0 Å². The van der Waals surface area contributed by atoms with Gasteiger partial charge in [0.1, 0.15) is 0 Å². The van der Waals surface area contributed by atoms with E-state index in [4.69, 9.17) is 0 Å². The second-order valence-corrected chi connectivity index (χ2v) is 10.7. The summed E-state index contributed by atoms with van der Waals surface area (Å²) in [5, 5.41) is 11.1. The predicted molar refractivity (Wildman–Crippen MR) is 109 cm³/mol. The molecule has 0 saturated carbocycles. The number of carbonyl (C=O) groups is 1. The Morgan fingerprint density at radius 2 is 1.97 bits per heavy atom. The first kappa shape index (κ1) is 21.7. The number of aryl methyl sites for hydroxylation is 1. The zero-order chi connectivity index (χ0) is 21.2. The SMILES string of the molecule is CCSc1nnc(NC(=O)C2CCN(S(=O)(=O)c3c(C)[nH]c(=O)[nH]c3=O)CC2)s1. The molecule has 0 atom stereocenters. The monoisotopic (exact) mass is 460 g/mol. The molecule has 0 radical (unpaired) electrons. The first-order chi connectivity index (χ1) is 13.7. The fourth-order valence-electron chi connectivity index (χ4n) is 3.04. The third-order valence-corrected chi connectivity index (χ3v) is 8.31. The minimum Gasteiger partial charge on any atom is -0.310 e. The molecule has 1 aliphatic heterocycles. The number of thioether (sulfide) groups is 1. The topological polar surface area (TPSA) is 158 Å². The number of anilines is 1. The van der Waals surface area contributed by atoms with Crippen LogP contribution >= 0.6 is 23.1 Å². The normalized spacial score (nSPS) is 16.1.